The summed E-state index contributed by atoms with van der Waals surface area (Å²) in [5, 5.41) is 21.3. The van der Waals surface area contributed by atoms with Gasteiger partial charge in [-0.1, -0.05) is 18.2 Å². The topological polar surface area (TPSA) is 109 Å². The Hall–Kier alpha value is -3.79. The van der Waals surface area contributed by atoms with Gasteiger partial charge in [0.05, 0.1) is 10.3 Å². The van der Waals surface area contributed by atoms with Gasteiger partial charge in [-0.2, -0.15) is 0 Å². The van der Waals surface area contributed by atoms with Crippen molar-refractivity contribution in [2.24, 2.45) is 0 Å². The van der Waals surface area contributed by atoms with Crippen LogP contribution in [0.25, 0.3) is 16.6 Å². The lowest BCUT2D eigenvalue weighted by atomic mass is 10.1. The van der Waals surface area contributed by atoms with Gasteiger partial charge in [0.15, 0.2) is 11.5 Å². The molecular weight excluding hydrogens is 407 g/mol. The average Bonchev–Trinajstić information content (AvgIpc) is 2.74. The van der Waals surface area contributed by atoms with Crippen LogP contribution in [0, 0.1) is 15.9 Å². The zero-order chi connectivity index (χ0) is 22.3. The van der Waals surface area contributed by atoms with E-state index in [1.54, 1.807) is 35.2 Å². The molecule has 2 aromatic carbocycles. The fourth-order valence-corrected chi connectivity index (χ4v) is 3.88. The maximum absolute atomic E-state index is 15.2. The minimum atomic E-state index is -1.50. The number of benzene rings is 2. The molecule has 3 aromatic rings. The van der Waals surface area contributed by atoms with Gasteiger partial charge in [0.25, 0.3) is 0 Å². The van der Waals surface area contributed by atoms with E-state index < -0.39 is 33.4 Å². The number of halogens is 1. The first-order valence-electron chi connectivity index (χ1n) is 9.58. The van der Waals surface area contributed by atoms with E-state index in [2.05, 4.69) is 0 Å². The van der Waals surface area contributed by atoms with Crippen LogP contribution >= 0.6 is 0 Å². The van der Waals surface area contributed by atoms with Crippen molar-refractivity contribution in [1.29, 1.82) is 0 Å². The van der Waals surface area contributed by atoms with Crippen molar-refractivity contribution in [1.82, 2.24) is 9.47 Å². The highest BCUT2D eigenvalue weighted by Gasteiger charge is 2.32. The summed E-state index contributed by atoms with van der Waals surface area (Å²) in [6.07, 6.45) is 1.06. The van der Waals surface area contributed by atoms with Crippen molar-refractivity contribution in [3.05, 3.63) is 74.3 Å². The molecule has 0 spiro atoms. The van der Waals surface area contributed by atoms with Crippen LogP contribution in [0.15, 0.2) is 47.4 Å². The largest absolute Gasteiger partial charge is 0.477 e. The number of carboxylic acids is 1. The monoisotopic (exact) mass is 426 g/mol. The number of carboxylic acid groups (broad SMARTS) is 1. The summed E-state index contributed by atoms with van der Waals surface area (Å²) in [7, 11) is 1.91. The number of likely N-dealkylation sites (N-methyl/N-ethyl adjacent to an activating group) is 1. The van der Waals surface area contributed by atoms with Crippen LogP contribution in [0.3, 0.4) is 0 Å². The van der Waals surface area contributed by atoms with Gasteiger partial charge < -0.3 is 19.5 Å². The summed E-state index contributed by atoms with van der Waals surface area (Å²) in [5.74, 6) is -2.43. The molecule has 0 bridgehead atoms. The number of fused-ring (bicyclic) bond motifs is 1. The zero-order valence-electron chi connectivity index (χ0n) is 16.6. The van der Waals surface area contributed by atoms with Crippen LogP contribution in [0.1, 0.15) is 10.4 Å². The first-order chi connectivity index (χ1) is 14.8. The molecule has 4 rings (SSSR count). The van der Waals surface area contributed by atoms with Crippen molar-refractivity contribution in [3.63, 3.8) is 0 Å². The lowest BCUT2D eigenvalue weighted by Gasteiger charge is -2.34. The van der Waals surface area contributed by atoms with E-state index in [0.717, 1.165) is 12.3 Å². The van der Waals surface area contributed by atoms with Gasteiger partial charge in [0.1, 0.15) is 11.1 Å². The third kappa shape index (κ3) is 3.50. The van der Waals surface area contributed by atoms with E-state index in [0.29, 0.717) is 31.9 Å². The number of nitro benzene ring substituents is 1. The van der Waals surface area contributed by atoms with Crippen LogP contribution in [-0.2, 0) is 0 Å². The lowest BCUT2D eigenvalue weighted by Crippen LogP contribution is -2.45. The number of nitrogens with zero attached hydrogens (tertiary/aromatic N) is 4. The Balaban J connectivity index is 2.14. The molecule has 0 amide bonds. The Labute approximate surface area is 175 Å². The number of piperazine rings is 1. The summed E-state index contributed by atoms with van der Waals surface area (Å²) in [5.41, 5.74) is -2.05. The van der Waals surface area contributed by atoms with Crippen LogP contribution in [0.4, 0.5) is 15.8 Å². The molecule has 0 aliphatic carbocycles. The van der Waals surface area contributed by atoms with Gasteiger partial charge in [0, 0.05) is 38.1 Å². The predicted molar refractivity (Wildman–Crippen MR) is 113 cm³/mol. The highest BCUT2D eigenvalue weighted by atomic mass is 19.1. The summed E-state index contributed by atoms with van der Waals surface area (Å²) < 4.78 is 16.5. The summed E-state index contributed by atoms with van der Waals surface area (Å²) in [6.45, 7) is 1.95. The fraction of sp³-hybridized carbons (Fsp3) is 0.238. The number of pyridine rings is 1. The number of anilines is 1. The molecular formula is C21H19FN4O5. The predicted octanol–water partition coefficient (Wildman–Crippen LogP) is 2.49. The van der Waals surface area contributed by atoms with Gasteiger partial charge in [-0.15, -0.1) is 0 Å². The van der Waals surface area contributed by atoms with Gasteiger partial charge in [0.2, 0.25) is 5.43 Å². The number of carbonyl (C=O) groups is 1. The fourth-order valence-electron chi connectivity index (χ4n) is 3.88. The SMILES string of the molecule is CN1CCN(c2c(F)cc3c(=O)c(C(=O)O)cn(-c4ccccc4)c3c2[N+](=O)[O-])CC1. The molecule has 160 valence electrons. The maximum Gasteiger partial charge on any atom is 0.341 e. The molecule has 10 heteroatoms. The molecule has 0 unspecified atom stereocenters. The van der Waals surface area contributed by atoms with E-state index in [-0.39, 0.29) is 16.6 Å². The normalized spacial score (nSPS) is 14.7. The molecule has 2 heterocycles. The standard InChI is InChI=1S/C21H19FN4O5/c1-23-7-9-24(10-8-23)18-16(22)11-14-17(19(18)26(30)31)25(13-5-3-2-4-6-13)12-15(20(14)27)21(28)29/h2-6,11-12H,7-10H2,1H3,(H,28,29). The second kappa shape index (κ2) is 7.80. The number of hydrogen-bond acceptors (Lipinski definition) is 6. The Morgan fingerprint density at radius 2 is 1.81 bits per heavy atom. The molecule has 9 nitrogen and oxygen atoms in total. The molecule has 1 aliphatic rings. The Morgan fingerprint density at radius 3 is 2.39 bits per heavy atom. The quantitative estimate of drug-likeness (QED) is 0.504. The van der Waals surface area contributed by atoms with E-state index in [1.165, 1.54) is 4.57 Å². The average molecular weight is 426 g/mol. The Morgan fingerprint density at radius 1 is 1.16 bits per heavy atom. The maximum atomic E-state index is 15.2. The number of aromatic nitrogens is 1. The van der Waals surface area contributed by atoms with Crippen LogP contribution in [-0.4, -0.2) is 58.7 Å². The molecule has 1 saturated heterocycles. The Bertz CT molecular complexity index is 1250. The molecule has 1 aromatic heterocycles. The highest BCUT2D eigenvalue weighted by Crippen LogP contribution is 2.39. The van der Waals surface area contributed by atoms with E-state index >= 15 is 4.39 Å². The summed E-state index contributed by atoms with van der Waals surface area (Å²) >= 11 is 0. The molecule has 1 fully saturated rings. The summed E-state index contributed by atoms with van der Waals surface area (Å²) in [6, 6.07) is 9.24. The Kier molecular flexibility index (Phi) is 5.15. The number of aromatic carboxylic acids is 1. The minimum Gasteiger partial charge on any atom is -0.477 e. The molecule has 0 radical (unpaired) electrons. The van der Waals surface area contributed by atoms with Crippen LogP contribution < -0.4 is 10.3 Å². The molecule has 1 N–H and O–H groups in total. The second-order valence-corrected chi connectivity index (χ2v) is 7.38. The van der Waals surface area contributed by atoms with E-state index in [4.69, 9.17) is 0 Å². The number of hydrogen-bond donors (Lipinski definition) is 1. The first-order valence-corrected chi connectivity index (χ1v) is 9.58. The smallest absolute Gasteiger partial charge is 0.341 e. The lowest BCUT2D eigenvalue weighted by molar-refractivity contribution is -0.382. The van der Waals surface area contributed by atoms with Crippen LogP contribution in [0.2, 0.25) is 0 Å². The third-order valence-corrected chi connectivity index (χ3v) is 5.46. The second-order valence-electron chi connectivity index (χ2n) is 7.38. The summed E-state index contributed by atoms with van der Waals surface area (Å²) in [4.78, 5) is 39.5. The number of para-hydroxylation sites is 1. The van der Waals surface area contributed by atoms with E-state index in [1.807, 2.05) is 11.9 Å². The van der Waals surface area contributed by atoms with Crippen molar-refractivity contribution < 1.29 is 19.2 Å². The van der Waals surface area contributed by atoms with Gasteiger partial charge in [-0.3, -0.25) is 14.9 Å². The molecule has 0 saturated carbocycles. The van der Waals surface area contributed by atoms with Crippen molar-refractivity contribution >= 4 is 28.2 Å². The molecule has 1 aliphatic heterocycles. The zero-order valence-corrected chi connectivity index (χ0v) is 16.6. The highest BCUT2D eigenvalue weighted by molar-refractivity contribution is 5.99. The van der Waals surface area contributed by atoms with Gasteiger partial charge in [-0.05, 0) is 25.2 Å². The molecule has 31 heavy (non-hydrogen) atoms. The third-order valence-electron chi connectivity index (χ3n) is 5.46. The molecule has 0 atom stereocenters. The van der Waals surface area contributed by atoms with Gasteiger partial charge >= 0.3 is 11.7 Å². The van der Waals surface area contributed by atoms with Gasteiger partial charge in [-0.25, -0.2) is 9.18 Å². The number of nitro groups is 1. The van der Waals surface area contributed by atoms with Crippen molar-refractivity contribution in [2.45, 2.75) is 0 Å². The van der Waals surface area contributed by atoms with Crippen LogP contribution in [0.5, 0.6) is 0 Å². The number of rotatable bonds is 4. The van der Waals surface area contributed by atoms with Crippen molar-refractivity contribution in [3.8, 4) is 5.69 Å². The van der Waals surface area contributed by atoms with E-state index in [9.17, 15) is 24.8 Å². The minimum absolute atomic E-state index is 0.137. The first kappa shape index (κ1) is 20.5. The van der Waals surface area contributed by atoms with Crippen molar-refractivity contribution in [2.75, 3.05) is 38.1 Å².